The lowest BCUT2D eigenvalue weighted by Crippen LogP contribution is -2.35. The molecule has 0 radical (unpaired) electrons. The van der Waals surface area contributed by atoms with Crippen LogP contribution in [0, 0.1) is 6.92 Å². The zero-order valence-electron chi connectivity index (χ0n) is 23.6. The van der Waals surface area contributed by atoms with Crippen LogP contribution in [-0.2, 0) is 11.3 Å². The number of morpholine rings is 1. The molecule has 2 aromatic heterocycles. The van der Waals surface area contributed by atoms with Gasteiger partial charge in [0.1, 0.15) is 17.0 Å². The van der Waals surface area contributed by atoms with E-state index in [0.29, 0.717) is 33.6 Å². The Morgan fingerprint density at radius 1 is 0.977 bits per heavy atom. The van der Waals surface area contributed by atoms with Gasteiger partial charge in [-0.3, -0.25) is 9.69 Å². The second-order valence-corrected chi connectivity index (χ2v) is 10.3. The fraction of sp³-hybridized carbons (Fsp3) is 0.219. The Hall–Kier alpha value is -4.94. The molecule has 1 saturated heterocycles. The smallest absolute Gasteiger partial charge is 0.460 e. The zero-order valence-corrected chi connectivity index (χ0v) is 23.6. The first-order valence-electron chi connectivity index (χ1n) is 13.9. The molecule has 0 bridgehead atoms. The van der Waals surface area contributed by atoms with Crippen molar-refractivity contribution < 1.29 is 31.9 Å². The van der Waals surface area contributed by atoms with E-state index in [9.17, 15) is 18.0 Å². The topological polar surface area (TPSA) is 102 Å². The van der Waals surface area contributed by atoms with Crippen molar-refractivity contribution in [3.05, 3.63) is 95.7 Å². The number of ether oxygens (including phenoxy) is 2. The van der Waals surface area contributed by atoms with Crippen molar-refractivity contribution in [2.75, 3.05) is 36.9 Å². The van der Waals surface area contributed by atoms with Gasteiger partial charge >= 0.3 is 6.36 Å². The summed E-state index contributed by atoms with van der Waals surface area (Å²) in [6.07, 6.45) is -3.33. The summed E-state index contributed by atoms with van der Waals surface area (Å²) in [7, 11) is 0. The standard InChI is InChI=1S/C32H28F3N5O4/c1-20-2-3-21(19-40-13-16-42-17-14-40)18-27(20)37-30(41)23-4-8-24(9-5-23)36-31-38-26-12-15-43-29(26)28(39-31)22-6-10-25(11-7-22)44-32(33,34)35/h2-12,15,18H,13-14,16-17,19H2,1H3,(H,37,41)(H,36,38,39). The lowest BCUT2D eigenvalue weighted by molar-refractivity contribution is -0.274. The summed E-state index contributed by atoms with van der Waals surface area (Å²) in [4.78, 5) is 24.4. The number of nitrogens with zero attached hydrogens (tertiary/aromatic N) is 3. The van der Waals surface area contributed by atoms with Gasteiger partial charge in [-0.2, -0.15) is 0 Å². The van der Waals surface area contributed by atoms with Crippen LogP contribution >= 0.6 is 0 Å². The molecule has 2 N–H and O–H groups in total. The van der Waals surface area contributed by atoms with E-state index in [1.165, 1.54) is 30.5 Å². The number of hydrogen-bond acceptors (Lipinski definition) is 8. The first kappa shape index (κ1) is 29.1. The quantitative estimate of drug-likeness (QED) is 0.197. The molecular weight excluding hydrogens is 575 g/mol. The molecule has 1 aliphatic heterocycles. The summed E-state index contributed by atoms with van der Waals surface area (Å²) >= 11 is 0. The molecular formula is C32H28F3N5O4. The van der Waals surface area contributed by atoms with E-state index in [-0.39, 0.29) is 17.6 Å². The van der Waals surface area contributed by atoms with Crippen molar-refractivity contribution in [1.82, 2.24) is 14.9 Å². The minimum atomic E-state index is -4.79. The minimum Gasteiger partial charge on any atom is -0.460 e. The molecule has 0 saturated carbocycles. The fourth-order valence-corrected chi connectivity index (χ4v) is 4.88. The van der Waals surface area contributed by atoms with E-state index in [4.69, 9.17) is 9.15 Å². The molecule has 3 aromatic carbocycles. The van der Waals surface area contributed by atoms with Gasteiger partial charge in [-0.15, -0.1) is 13.2 Å². The number of benzene rings is 3. The first-order valence-corrected chi connectivity index (χ1v) is 13.9. The number of anilines is 3. The molecule has 3 heterocycles. The number of carbonyl (C=O) groups excluding carboxylic acids is 1. The monoisotopic (exact) mass is 603 g/mol. The Labute approximate surface area is 250 Å². The second kappa shape index (κ2) is 12.3. The van der Waals surface area contributed by atoms with Crippen LogP contribution in [0.2, 0.25) is 0 Å². The van der Waals surface area contributed by atoms with Crippen LogP contribution in [0.5, 0.6) is 5.75 Å². The highest BCUT2D eigenvalue weighted by molar-refractivity contribution is 6.05. The molecule has 44 heavy (non-hydrogen) atoms. The molecule has 12 heteroatoms. The number of nitrogens with one attached hydrogen (secondary N) is 2. The van der Waals surface area contributed by atoms with Gasteiger partial charge in [0.05, 0.1) is 19.5 Å². The lowest BCUT2D eigenvalue weighted by atomic mass is 10.1. The maximum atomic E-state index is 13.1. The van der Waals surface area contributed by atoms with E-state index in [1.54, 1.807) is 30.3 Å². The van der Waals surface area contributed by atoms with Crippen molar-refractivity contribution in [2.45, 2.75) is 19.8 Å². The van der Waals surface area contributed by atoms with Crippen LogP contribution in [-0.4, -0.2) is 53.4 Å². The van der Waals surface area contributed by atoms with E-state index < -0.39 is 6.36 Å². The van der Waals surface area contributed by atoms with Crippen LogP contribution < -0.4 is 15.4 Å². The Morgan fingerprint density at radius 3 is 2.45 bits per heavy atom. The van der Waals surface area contributed by atoms with Gasteiger partial charge in [0, 0.05) is 48.2 Å². The van der Waals surface area contributed by atoms with Crippen molar-refractivity contribution in [3.8, 4) is 17.0 Å². The number of halogens is 3. The predicted octanol–water partition coefficient (Wildman–Crippen LogP) is 6.92. The average molecular weight is 604 g/mol. The number of furan rings is 1. The molecule has 1 amide bonds. The maximum Gasteiger partial charge on any atom is 0.573 e. The highest BCUT2D eigenvalue weighted by Crippen LogP contribution is 2.31. The van der Waals surface area contributed by atoms with Crippen molar-refractivity contribution >= 4 is 34.3 Å². The second-order valence-electron chi connectivity index (χ2n) is 10.3. The molecule has 9 nitrogen and oxygen atoms in total. The summed E-state index contributed by atoms with van der Waals surface area (Å²) in [5.41, 5.74) is 5.75. The Bertz CT molecular complexity index is 1770. The summed E-state index contributed by atoms with van der Waals surface area (Å²) in [5.74, 6) is -0.335. The van der Waals surface area contributed by atoms with Crippen molar-refractivity contribution in [1.29, 1.82) is 0 Å². The third kappa shape index (κ3) is 6.99. The van der Waals surface area contributed by atoms with Crippen LogP contribution in [0.15, 0.2) is 83.5 Å². The number of aryl methyl sites for hydroxylation is 1. The normalized spacial score (nSPS) is 14.0. The number of carbonyl (C=O) groups is 1. The van der Waals surface area contributed by atoms with Gasteiger partial charge in [0.2, 0.25) is 5.95 Å². The fourth-order valence-electron chi connectivity index (χ4n) is 4.88. The Balaban J connectivity index is 1.15. The predicted molar refractivity (Wildman–Crippen MR) is 159 cm³/mol. The van der Waals surface area contributed by atoms with Gasteiger partial charge in [0.25, 0.3) is 5.91 Å². The maximum absolute atomic E-state index is 13.1. The van der Waals surface area contributed by atoms with Gasteiger partial charge in [-0.25, -0.2) is 9.97 Å². The number of aromatic nitrogens is 2. The van der Waals surface area contributed by atoms with E-state index >= 15 is 0 Å². The average Bonchev–Trinajstić information content (AvgIpc) is 3.48. The molecule has 1 fully saturated rings. The summed E-state index contributed by atoms with van der Waals surface area (Å²) in [6.45, 7) is 5.96. The number of alkyl halides is 3. The summed E-state index contributed by atoms with van der Waals surface area (Å²) in [5, 5.41) is 6.15. The highest BCUT2D eigenvalue weighted by atomic mass is 19.4. The molecule has 0 aliphatic carbocycles. The largest absolute Gasteiger partial charge is 0.573 e. The summed E-state index contributed by atoms with van der Waals surface area (Å²) < 4.78 is 52.6. The van der Waals surface area contributed by atoms with Crippen molar-refractivity contribution in [3.63, 3.8) is 0 Å². The van der Waals surface area contributed by atoms with Gasteiger partial charge < -0.3 is 24.5 Å². The van der Waals surface area contributed by atoms with Gasteiger partial charge in [0.15, 0.2) is 5.58 Å². The van der Waals surface area contributed by atoms with E-state index in [2.05, 4.69) is 36.3 Å². The van der Waals surface area contributed by atoms with E-state index in [0.717, 1.165) is 49.7 Å². The molecule has 1 aliphatic rings. The van der Waals surface area contributed by atoms with Crippen LogP contribution in [0.3, 0.4) is 0 Å². The molecule has 0 unspecified atom stereocenters. The number of hydrogen-bond donors (Lipinski definition) is 2. The Morgan fingerprint density at radius 2 is 1.73 bits per heavy atom. The lowest BCUT2D eigenvalue weighted by Gasteiger charge is -2.26. The minimum absolute atomic E-state index is 0.237. The molecule has 0 spiro atoms. The third-order valence-corrected chi connectivity index (χ3v) is 7.13. The number of amides is 1. The van der Waals surface area contributed by atoms with E-state index in [1.807, 2.05) is 19.1 Å². The Kier molecular flexibility index (Phi) is 8.18. The summed E-state index contributed by atoms with van der Waals surface area (Å²) in [6, 6.07) is 20.0. The molecule has 226 valence electrons. The number of rotatable bonds is 8. The van der Waals surface area contributed by atoms with Crippen LogP contribution in [0.25, 0.3) is 22.4 Å². The van der Waals surface area contributed by atoms with Crippen LogP contribution in [0.4, 0.5) is 30.5 Å². The zero-order chi connectivity index (χ0) is 30.7. The third-order valence-electron chi connectivity index (χ3n) is 7.13. The van der Waals surface area contributed by atoms with Crippen molar-refractivity contribution in [2.24, 2.45) is 0 Å². The number of fused-ring (bicyclic) bond motifs is 1. The molecule has 0 atom stereocenters. The van der Waals surface area contributed by atoms with Crippen LogP contribution in [0.1, 0.15) is 21.5 Å². The molecule has 6 rings (SSSR count). The highest BCUT2D eigenvalue weighted by Gasteiger charge is 2.31. The van der Waals surface area contributed by atoms with Gasteiger partial charge in [-0.05, 0) is 72.6 Å². The SMILES string of the molecule is Cc1ccc(CN2CCOCC2)cc1NC(=O)c1ccc(Nc2nc(-c3ccc(OC(F)(F)F)cc3)c3occc3n2)cc1. The first-order chi connectivity index (χ1) is 21.2. The molecule has 5 aromatic rings. The van der Waals surface area contributed by atoms with Gasteiger partial charge in [-0.1, -0.05) is 12.1 Å².